The molecule has 0 bridgehead atoms. The van der Waals surface area contributed by atoms with E-state index in [1.54, 1.807) is 0 Å². The number of rotatable bonds is 1. The number of piperidine rings is 1. The van der Waals surface area contributed by atoms with Crippen LogP contribution in [-0.4, -0.2) is 30.1 Å². The van der Waals surface area contributed by atoms with E-state index in [0.29, 0.717) is 6.17 Å². The molecule has 0 aromatic heterocycles. The Hall–Kier alpha value is -0.570. The number of carbonyl (C=O) groups excluding carboxylic acids is 1. The van der Waals surface area contributed by atoms with Gasteiger partial charge in [0.15, 0.2) is 0 Å². The van der Waals surface area contributed by atoms with Gasteiger partial charge >= 0.3 is 0 Å². The Labute approximate surface area is 73.1 Å². The molecule has 12 heavy (non-hydrogen) atoms. The fraction of sp³-hybridized carbons (Fsp3) is 0.889. The highest BCUT2D eigenvalue weighted by molar-refractivity contribution is 5.78. The van der Waals surface area contributed by atoms with Crippen LogP contribution in [0.3, 0.4) is 0 Å². The lowest BCUT2D eigenvalue weighted by Crippen LogP contribution is -2.45. The fourth-order valence-corrected chi connectivity index (χ4v) is 2.10. The quantitative estimate of drug-likeness (QED) is 0.625. The van der Waals surface area contributed by atoms with Crippen LogP contribution in [0.1, 0.15) is 32.1 Å². The van der Waals surface area contributed by atoms with Gasteiger partial charge in [-0.05, 0) is 19.3 Å². The molecule has 2 heterocycles. The van der Waals surface area contributed by atoms with Gasteiger partial charge in [-0.3, -0.25) is 9.69 Å². The van der Waals surface area contributed by atoms with Crippen LogP contribution in [0.2, 0.25) is 0 Å². The van der Waals surface area contributed by atoms with Crippen molar-refractivity contribution in [3.63, 3.8) is 0 Å². The Bertz CT molecular complexity index is 175. The largest absolute Gasteiger partial charge is 0.341 e. The smallest absolute Gasteiger partial charge is 0.221 e. The third-order valence-electron chi connectivity index (χ3n) is 2.80. The average molecular weight is 168 g/mol. The summed E-state index contributed by atoms with van der Waals surface area (Å²) in [6, 6.07) is 0. The van der Waals surface area contributed by atoms with Crippen molar-refractivity contribution in [1.82, 2.24) is 10.2 Å². The van der Waals surface area contributed by atoms with Gasteiger partial charge < -0.3 is 5.32 Å². The standard InChI is InChI=1S/C9H16N2O/c12-9-5-4-8(10-9)11-6-2-1-3-7-11/h8H,1-7H2,(H,10,12). The second-order valence-electron chi connectivity index (χ2n) is 3.72. The molecule has 2 saturated heterocycles. The van der Waals surface area contributed by atoms with Crippen LogP contribution in [-0.2, 0) is 4.79 Å². The van der Waals surface area contributed by atoms with Crippen molar-refractivity contribution in [1.29, 1.82) is 0 Å². The molecule has 0 saturated carbocycles. The van der Waals surface area contributed by atoms with Gasteiger partial charge in [-0.1, -0.05) is 6.42 Å². The van der Waals surface area contributed by atoms with Gasteiger partial charge in [-0.15, -0.1) is 0 Å². The normalized spacial score (nSPS) is 32.0. The van der Waals surface area contributed by atoms with Crippen molar-refractivity contribution in [3.05, 3.63) is 0 Å². The molecule has 2 rings (SSSR count). The second-order valence-corrected chi connectivity index (χ2v) is 3.72. The minimum absolute atomic E-state index is 0.227. The maximum absolute atomic E-state index is 11.0. The molecule has 0 aromatic carbocycles. The van der Waals surface area contributed by atoms with Gasteiger partial charge in [0.25, 0.3) is 0 Å². The number of amides is 1. The zero-order valence-corrected chi connectivity index (χ0v) is 7.38. The molecule has 1 unspecified atom stereocenters. The van der Waals surface area contributed by atoms with Crippen LogP contribution in [0.15, 0.2) is 0 Å². The molecular formula is C9H16N2O. The predicted octanol–water partition coefficient (Wildman–Crippen LogP) is 0.708. The van der Waals surface area contributed by atoms with E-state index in [1.807, 2.05) is 0 Å². The molecule has 3 nitrogen and oxygen atoms in total. The summed E-state index contributed by atoms with van der Waals surface area (Å²) in [5.41, 5.74) is 0. The van der Waals surface area contributed by atoms with Gasteiger partial charge in [0.05, 0.1) is 6.17 Å². The van der Waals surface area contributed by atoms with Crippen LogP contribution in [0, 0.1) is 0 Å². The Kier molecular flexibility index (Phi) is 2.30. The Balaban J connectivity index is 1.86. The first-order valence-electron chi connectivity index (χ1n) is 4.90. The molecule has 68 valence electrons. The summed E-state index contributed by atoms with van der Waals surface area (Å²) in [6.45, 7) is 2.34. The number of likely N-dealkylation sites (tertiary alicyclic amines) is 1. The van der Waals surface area contributed by atoms with E-state index in [2.05, 4.69) is 10.2 Å². The molecule has 2 aliphatic heterocycles. The van der Waals surface area contributed by atoms with E-state index in [4.69, 9.17) is 0 Å². The first kappa shape index (κ1) is 8.05. The maximum Gasteiger partial charge on any atom is 0.221 e. The highest BCUT2D eigenvalue weighted by Crippen LogP contribution is 2.16. The zero-order chi connectivity index (χ0) is 8.39. The Morgan fingerprint density at radius 2 is 2.00 bits per heavy atom. The maximum atomic E-state index is 11.0. The molecule has 3 heteroatoms. The highest BCUT2D eigenvalue weighted by atomic mass is 16.2. The van der Waals surface area contributed by atoms with E-state index in [9.17, 15) is 4.79 Å². The minimum atomic E-state index is 0.227. The zero-order valence-electron chi connectivity index (χ0n) is 7.38. The third-order valence-corrected chi connectivity index (χ3v) is 2.80. The molecule has 0 aromatic rings. The lowest BCUT2D eigenvalue weighted by molar-refractivity contribution is -0.119. The topological polar surface area (TPSA) is 32.3 Å². The van der Waals surface area contributed by atoms with Gasteiger partial charge in [-0.25, -0.2) is 0 Å². The van der Waals surface area contributed by atoms with Crippen molar-refractivity contribution in [2.75, 3.05) is 13.1 Å². The van der Waals surface area contributed by atoms with E-state index >= 15 is 0 Å². The van der Waals surface area contributed by atoms with Crippen molar-refractivity contribution < 1.29 is 4.79 Å². The summed E-state index contributed by atoms with van der Waals surface area (Å²) >= 11 is 0. The molecule has 1 amide bonds. The number of hydrogen-bond donors (Lipinski definition) is 1. The molecule has 0 radical (unpaired) electrons. The predicted molar refractivity (Wildman–Crippen MR) is 46.6 cm³/mol. The van der Waals surface area contributed by atoms with Gasteiger partial charge in [0, 0.05) is 19.5 Å². The van der Waals surface area contributed by atoms with Crippen molar-refractivity contribution in [2.24, 2.45) is 0 Å². The molecular weight excluding hydrogens is 152 g/mol. The van der Waals surface area contributed by atoms with E-state index in [1.165, 1.54) is 32.4 Å². The minimum Gasteiger partial charge on any atom is -0.341 e. The van der Waals surface area contributed by atoms with Crippen LogP contribution in [0.4, 0.5) is 0 Å². The second kappa shape index (κ2) is 3.44. The molecule has 0 aliphatic carbocycles. The molecule has 2 aliphatic rings. The van der Waals surface area contributed by atoms with E-state index < -0.39 is 0 Å². The van der Waals surface area contributed by atoms with Crippen molar-refractivity contribution >= 4 is 5.91 Å². The summed E-state index contributed by atoms with van der Waals surface area (Å²) in [6.07, 6.45) is 6.05. The van der Waals surface area contributed by atoms with Gasteiger partial charge in [0.1, 0.15) is 0 Å². The Morgan fingerprint density at radius 1 is 1.25 bits per heavy atom. The first-order chi connectivity index (χ1) is 5.86. The fourth-order valence-electron chi connectivity index (χ4n) is 2.10. The van der Waals surface area contributed by atoms with Gasteiger partial charge in [-0.2, -0.15) is 0 Å². The number of nitrogens with one attached hydrogen (secondary N) is 1. The summed E-state index contributed by atoms with van der Waals surface area (Å²) in [5, 5.41) is 3.01. The summed E-state index contributed by atoms with van der Waals surface area (Å²) in [5.74, 6) is 0.227. The van der Waals surface area contributed by atoms with E-state index in [0.717, 1.165) is 12.8 Å². The summed E-state index contributed by atoms with van der Waals surface area (Å²) in [7, 11) is 0. The highest BCUT2D eigenvalue weighted by Gasteiger charge is 2.26. The monoisotopic (exact) mass is 168 g/mol. The third kappa shape index (κ3) is 1.61. The summed E-state index contributed by atoms with van der Waals surface area (Å²) < 4.78 is 0. The SMILES string of the molecule is O=C1CCC(N2CCCCC2)N1. The number of hydrogen-bond acceptors (Lipinski definition) is 2. The van der Waals surface area contributed by atoms with E-state index in [-0.39, 0.29) is 5.91 Å². The first-order valence-corrected chi connectivity index (χ1v) is 4.90. The Morgan fingerprint density at radius 3 is 2.58 bits per heavy atom. The van der Waals surface area contributed by atoms with Crippen LogP contribution in [0.25, 0.3) is 0 Å². The molecule has 1 atom stereocenters. The summed E-state index contributed by atoms with van der Waals surface area (Å²) in [4.78, 5) is 13.4. The number of nitrogens with zero attached hydrogens (tertiary/aromatic N) is 1. The van der Waals surface area contributed by atoms with Crippen LogP contribution >= 0.6 is 0 Å². The van der Waals surface area contributed by atoms with Crippen molar-refractivity contribution in [2.45, 2.75) is 38.3 Å². The van der Waals surface area contributed by atoms with Crippen molar-refractivity contribution in [3.8, 4) is 0 Å². The lowest BCUT2D eigenvalue weighted by atomic mass is 10.1. The van der Waals surface area contributed by atoms with Crippen LogP contribution < -0.4 is 5.32 Å². The molecule has 2 fully saturated rings. The average Bonchev–Trinajstić information content (AvgIpc) is 2.54. The lowest BCUT2D eigenvalue weighted by Gasteiger charge is -2.31. The van der Waals surface area contributed by atoms with Gasteiger partial charge in [0.2, 0.25) is 5.91 Å². The molecule has 1 N–H and O–H groups in total. The van der Waals surface area contributed by atoms with Crippen LogP contribution in [0.5, 0.6) is 0 Å². The molecule has 0 spiro atoms. The number of carbonyl (C=O) groups is 1.